The van der Waals surface area contributed by atoms with E-state index in [4.69, 9.17) is 4.74 Å². The fourth-order valence-corrected chi connectivity index (χ4v) is 1.64. The Kier molecular flexibility index (Phi) is 3.75. The molecule has 5 heteroatoms. The molecule has 1 aromatic carbocycles. The van der Waals surface area contributed by atoms with E-state index in [1.54, 1.807) is 6.07 Å². The van der Waals surface area contributed by atoms with Crippen molar-refractivity contribution < 1.29 is 9.66 Å². The Morgan fingerprint density at radius 1 is 1.16 bits per heavy atom. The molecule has 0 saturated heterocycles. The van der Waals surface area contributed by atoms with Crippen molar-refractivity contribution in [3.63, 3.8) is 0 Å². The summed E-state index contributed by atoms with van der Waals surface area (Å²) in [5, 5.41) is 10.5. The summed E-state index contributed by atoms with van der Waals surface area (Å²) in [6.45, 7) is 3.93. The van der Waals surface area contributed by atoms with E-state index in [1.807, 2.05) is 38.1 Å². The van der Waals surface area contributed by atoms with Gasteiger partial charge in [-0.15, -0.1) is 0 Å². The van der Waals surface area contributed by atoms with Crippen molar-refractivity contribution in [3.05, 3.63) is 52.7 Å². The average molecular weight is 258 g/mol. The summed E-state index contributed by atoms with van der Waals surface area (Å²) in [5.74, 6) is 0.792. The van der Waals surface area contributed by atoms with E-state index in [1.165, 1.54) is 12.3 Å². The number of hydrogen-bond donors (Lipinski definition) is 0. The number of benzene rings is 1. The molecule has 0 radical (unpaired) electrons. The zero-order chi connectivity index (χ0) is 13.8. The molecule has 0 aliphatic heterocycles. The van der Waals surface area contributed by atoms with Gasteiger partial charge in [0.2, 0.25) is 0 Å². The third-order valence-corrected chi connectivity index (χ3v) is 2.48. The highest BCUT2D eigenvalue weighted by Crippen LogP contribution is 2.22. The molecule has 0 aliphatic rings. The zero-order valence-electron chi connectivity index (χ0n) is 10.7. The Morgan fingerprint density at radius 2 is 1.84 bits per heavy atom. The van der Waals surface area contributed by atoms with Crippen LogP contribution in [0.5, 0.6) is 5.75 Å². The van der Waals surface area contributed by atoms with Gasteiger partial charge in [0.1, 0.15) is 11.9 Å². The molecule has 0 amide bonds. The van der Waals surface area contributed by atoms with Gasteiger partial charge >= 0.3 is 0 Å². The van der Waals surface area contributed by atoms with Gasteiger partial charge in [0.15, 0.2) is 0 Å². The number of nitrogens with zero attached hydrogens (tertiary/aromatic N) is 2. The van der Waals surface area contributed by atoms with Gasteiger partial charge in [-0.25, -0.2) is 4.98 Å². The van der Waals surface area contributed by atoms with Crippen LogP contribution in [0.25, 0.3) is 11.3 Å². The SMILES string of the molecule is CC(C)Oc1ccc(-c2ccc([N+](=O)[O-])cn2)cc1. The summed E-state index contributed by atoms with van der Waals surface area (Å²) in [7, 11) is 0. The minimum atomic E-state index is -0.462. The van der Waals surface area contributed by atoms with Crippen LogP contribution in [0.15, 0.2) is 42.6 Å². The topological polar surface area (TPSA) is 65.3 Å². The molecule has 2 rings (SSSR count). The van der Waals surface area contributed by atoms with E-state index in [2.05, 4.69) is 4.98 Å². The van der Waals surface area contributed by atoms with Gasteiger partial charge < -0.3 is 4.74 Å². The van der Waals surface area contributed by atoms with Crippen LogP contribution in [0.4, 0.5) is 5.69 Å². The highest BCUT2D eigenvalue weighted by molar-refractivity contribution is 5.60. The Hall–Kier alpha value is -2.43. The molecule has 0 aliphatic carbocycles. The normalized spacial score (nSPS) is 10.5. The molecule has 98 valence electrons. The highest BCUT2D eigenvalue weighted by Gasteiger charge is 2.06. The predicted octanol–water partition coefficient (Wildman–Crippen LogP) is 3.44. The van der Waals surface area contributed by atoms with Crippen molar-refractivity contribution in [2.24, 2.45) is 0 Å². The Morgan fingerprint density at radius 3 is 2.32 bits per heavy atom. The largest absolute Gasteiger partial charge is 0.491 e. The van der Waals surface area contributed by atoms with E-state index in [9.17, 15) is 10.1 Å². The first-order valence-electron chi connectivity index (χ1n) is 5.94. The van der Waals surface area contributed by atoms with Crippen LogP contribution in [0.1, 0.15) is 13.8 Å². The standard InChI is InChI=1S/C14H14N2O3/c1-10(2)19-13-6-3-11(4-7-13)14-8-5-12(9-15-14)16(17)18/h3-10H,1-2H3. The van der Waals surface area contributed by atoms with E-state index in [-0.39, 0.29) is 11.8 Å². The number of ether oxygens (including phenoxy) is 1. The van der Waals surface area contributed by atoms with E-state index in [0.717, 1.165) is 11.3 Å². The van der Waals surface area contributed by atoms with Crippen LogP contribution in [0, 0.1) is 10.1 Å². The van der Waals surface area contributed by atoms with E-state index >= 15 is 0 Å². The van der Waals surface area contributed by atoms with Crippen molar-refractivity contribution in [2.75, 3.05) is 0 Å². The van der Waals surface area contributed by atoms with Crippen LogP contribution in [-0.4, -0.2) is 16.0 Å². The van der Waals surface area contributed by atoms with Crippen LogP contribution < -0.4 is 4.74 Å². The van der Waals surface area contributed by atoms with Crippen LogP contribution in [0.3, 0.4) is 0 Å². The van der Waals surface area contributed by atoms with Crippen LogP contribution in [-0.2, 0) is 0 Å². The van der Waals surface area contributed by atoms with Crippen molar-refractivity contribution in [3.8, 4) is 17.0 Å². The molecule has 5 nitrogen and oxygen atoms in total. The monoisotopic (exact) mass is 258 g/mol. The second-order valence-electron chi connectivity index (χ2n) is 4.35. The maximum Gasteiger partial charge on any atom is 0.287 e. The highest BCUT2D eigenvalue weighted by atomic mass is 16.6. The molecule has 19 heavy (non-hydrogen) atoms. The lowest BCUT2D eigenvalue weighted by molar-refractivity contribution is -0.385. The molecule has 0 unspecified atom stereocenters. The molecule has 0 spiro atoms. The first kappa shape index (κ1) is 13.0. The molecule has 0 saturated carbocycles. The zero-order valence-corrected chi connectivity index (χ0v) is 10.7. The third-order valence-electron chi connectivity index (χ3n) is 2.48. The molecule has 0 atom stereocenters. The fourth-order valence-electron chi connectivity index (χ4n) is 1.64. The van der Waals surface area contributed by atoms with Crippen molar-refractivity contribution in [1.29, 1.82) is 0 Å². The second kappa shape index (κ2) is 5.48. The second-order valence-corrected chi connectivity index (χ2v) is 4.35. The molecule has 0 fully saturated rings. The Labute approximate surface area is 111 Å². The number of rotatable bonds is 4. The van der Waals surface area contributed by atoms with E-state index < -0.39 is 4.92 Å². The summed E-state index contributed by atoms with van der Waals surface area (Å²) < 4.78 is 5.55. The number of aromatic nitrogens is 1. The third kappa shape index (κ3) is 3.28. The van der Waals surface area contributed by atoms with Crippen LogP contribution in [0.2, 0.25) is 0 Å². The molecule has 1 heterocycles. The van der Waals surface area contributed by atoms with Crippen molar-refractivity contribution in [1.82, 2.24) is 4.98 Å². The molecule has 1 aromatic heterocycles. The number of nitro groups is 1. The maximum atomic E-state index is 10.5. The first-order chi connectivity index (χ1) is 9.06. The van der Waals surface area contributed by atoms with Crippen molar-refractivity contribution in [2.45, 2.75) is 20.0 Å². The Balaban J connectivity index is 2.19. The summed E-state index contributed by atoms with van der Waals surface area (Å²) in [6, 6.07) is 10.6. The van der Waals surface area contributed by atoms with E-state index in [0.29, 0.717) is 5.69 Å². The van der Waals surface area contributed by atoms with Gasteiger partial charge in [-0.05, 0) is 44.2 Å². The predicted molar refractivity (Wildman–Crippen MR) is 72.1 cm³/mol. The molecule has 0 N–H and O–H groups in total. The molecular weight excluding hydrogens is 244 g/mol. The molecular formula is C14H14N2O3. The summed E-state index contributed by atoms with van der Waals surface area (Å²) >= 11 is 0. The first-order valence-corrected chi connectivity index (χ1v) is 5.94. The smallest absolute Gasteiger partial charge is 0.287 e. The molecule has 2 aromatic rings. The average Bonchev–Trinajstić information content (AvgIpc) is 2.39. The van der Waals surface area contributed by atoms with Gasteiger partial charge in [0.25, 0.3) is 5.69 Å². The lowest BCUT2D eigenvalue weighted by atomic mass is 10.1. The van der Waals surface area contributed by atoms with Gasteiger partial charge in [-0.2, -0.15) is 0 Å². The quantitative estimate of drug-likeness (QED) is 0.622. The van der Waals surface area contributed by atoms with Gasteiger partial charge in [-0.1, -0.05) is 0 Å². The summed E-state index contributed by atoms with van der Waals surface area (Å²) in [6.07, 6.45) is 1.39. The summed E-state index contributed by atoms with van der Waals surface area (Å²) in [4.78, 5) is 14.2. The van der Waals surface area contributed by atoms with Gasteiger partial charge in [0.05, 0.1) is 16.7 Å². The lowest BCUT2D eigenvalue weighted by Gasteiger charge is -2.09. The molecule has 0 bridgehead atoms. The van der Waals surface area contributed by atoms with Gasteiger partial charge in [0, 0.05) is 11.6 Å². The maximum absolute atomic E-state index is 10.5. The Bertz CT molecular complexity index is 562. The van der Waals surface area contributed by atoms with Crippen molar-refractivity contribution >= 4 is 5.69 Å². The van der Waals surface area contributed by atoms with Gasteiger partial charge in [-0.3, -0.25) is 10.1 Å². The summed E-state index contributed by atoms with van der Waals surface area (Å²) in [5.41, 5.74) is 1.58. The number of hydrogen-bond acceptors (Lipinski definition) is 4. The number of pyridine rings is 1. The lowest BCUT2D eigenvalue weighted by Crippen LogP contribution is -2.05. The fraction of sp³-hybridized carbons (Fsp3) is 0.214. The minimum Gasteiger partial charge on any atom is -0.491 e. The van der Waals surface area contributed by atoms with Crippen LogP contribution >= 0.6 is 0 Å². The minimum absolute atomic E-state index is 0.0106.